The summed E-state index contributed by atoms with van der Waals surface area (Å²) in [7, 11) is 0. The summed E-state index contributed by atoms with van der Waals surface area (Å²) in [5.74, 6) is 0.845. The van der Waals surface area contributed by atoms with E-state index in [9.17, 15) is 4.79 Å². The lowest BCUT2D eigenvalue weighted by molar-refractivity contribution is 0.102. The predicted octanol–water partition coefficient (Wildman–Crippen LogP) is 4.48. The summed E-state index contributed by atoms with van der Waals surface area (Å²) in [6.45, 7) is 10.4. The molecule has 3 rings (SSSR count). The van der Waals surface area contributed by atoms with Gasteiger partial charge in [0, 0.05) is 43.8 Å². The molecule has 0 unspecified atom stereocenters. The van der Waals surface area contributed by atoms with Crippen LogP contribution in [0.25, 0.3) is 0 Å². The fraction of sp³-hybridized carbons (Fsp3) is 0.455. The Morgan fingerprint density at radius 1 is 1.11 bits per heavy atom. The molecule has 1 fully saturated rings. The first kappa shape index (κ1) is 19.2. The molecule has 0 aliphatic carbocycles. The van der Waals surface area contributed by atoms with Gasteiger partial charge in [-0.25, -0.2) is 4.98 Å². The molecule has 1 aromatic heterocycles. The Labute approximate surface area is 162 Å². The monoisotopic (exact) mass is 366 g/mol. The first-order valence-corrected chi connectivity index (χ1v) is 10.00. The Morgan fingerprint density at radius 3 is 2.44 bits per heavy atom. The first-order valence-electron chi connectivity index (χ1n) is 10.00. The molecule has 0 atom stereocenters. The maximum atomic E-state index is 12.6. The van der Waals surface area contributed by atoms with Crippen LogP contribution in [0.5, 0.6) is 0 Å². The fourth-order valence-corrected chi connectivity index (χ4v) is 3.60. The number of aryl methyl sites for hydroxylation is 1. The van der Waals surface area contributed by atoms with Crippen LogP contribution in [-0.2, 0) is 0 Å². The van der Waals surface area contributed by atoms with Crippen molar-refractivity contribution in [1.82, 2.24) is 4.98 Å². The van der Waals surface area contributed by atoms with Crippen LogP contribution in [0.3, 0.4) is 0 Å². The number of pyridine rings is 1. The van der Waals surface area contributed by atoms with Gasteiger partial charge in [0.1, 0.15) is 5.82 Å². The van der Waals surface area contributed by atoms with E-state index in [-0.39, 0.29) is 5.91 Å². The number of nitrogens with one attached hydrogen (secondary N) is 1. The largest absolute Gasteiger partial charge is 0.372 e. The van der Waals surface area contributed by atoms with Crippen molar-refractivity contribution in [3.05, 3.63) is 47.7 Å². The number of carbonyl (C=O) groups excluding carboxylic acids is 1. The number of rotatable bonds is 6. The number of aromatic nitrogens is 1. The minimum atomic E-state index is -0.119. The molecule has 2 heterocycles. The van der Waals surface area contributed by atoms with Gasteiger partial charge in [0.2, 0.25) is 0 Å². The number of hydrogen-bond acceptors (Lipinski definition) is 4. The Morgan fingerprint density at radius 2 is 1.85 bits per heavy atom. The summed E-state index contributed by atoms with van der Waals surface area (Å²) in [5, 5.41) is 3.02. The van der Waals surface area contributed by atoms with Crippen LogP contribution >= 0.6 is 0 Å². The van der Waals surface area contributed by atoms with Gasteiger partial charge in [-0.1, -0.05) is 0 Å². The lowest BCUT2D eigenvalue weighted by atomic mass is 10.1. The Hall–Kier alpha value is -2.56. The molecule has 144 valence electrons. The molecule has 1 aromatic carbocycles. The van der Waals surface area contributed by atoms with Crippen molar-refractivity contribution < 1.29 is 4.79 Å². The summed E-state index contributed by atoms with van der Waals surface area (Å²) in [4.78, 5) is 21.7. The number of benzene rings is 1. The third-order valence-corrected chi connectivity index (χ3v) is 5.28. The molecular weight excluding hydrogens is 336 g/mol. The normalized spacial score (nSPS) is 14.1. The number of anilines is 3. The van der Waals surface area contributed by atoms with Crippen molar-refractivity contribution in [2.24, 2.45) is 0 Å². The second kappa shape index (κ2) is 8.89. The number of hydrogen-bond donors (Lipinski definition) is 1. The molecule has 1 N–H and O–H groups in total. The van der Waals surface area contributed by atoms with Crippen molar-refractivity contribution in [3.8, 4) is 0 Å². The molecule has 2 aromatic rings. The highest BCUT2D eigenvalue weighted by Crippen LogP contribution is 2.23. The topological polar surface area (TPSA) is 48.5 Å². The lowest BCUT2D eigenvalue weighted by Crippen LogP contribution is -2.30. The van der Waals surface area contributed by atoms with Crippen LogP contribution in [0, 0.1) is 6.92 Å². The van der Waals surface area contributed by atoms with Gasteiger partial charge < -0.3 is 15.1 Å². The number of piperidine rings is 1. The maximum absolute atomic E-state index is 12.6. The average molecular weight is 367 g/mol. The van der Waals surface area contributed by atoms with Gasteiger partial charge in [0.15, 0.2) is 0 Å². The van der Waals surface area contributed by atoms with Gasteiger partial charge >= 0.3 is 0 Å². The summed E-state index contributed by atoms with van der Waals surface area (Å²) in [6.07, 6.45) is 5.40. The molecule has 0 bridgehead atoms. The predicted molar refractivity (Wildman–Crippen MR) is 113 cm³/mol. The first-order chi connectivity index (χ1) is 13.1. The second-order valence-corrected chi connectivity index (χ2v) is 7.08. The van der Waals surface area contributed by atoms with E-state index in [0.717, 1.165) is 43.2 Å². The fourth-order valence-electron chi connectivity index (χ4n) is 3.60. The van der Waals surface area contributed by atoms with Crippen molar-refractivity contribution in [2.75, 3.05) is 41.3 Å². The standard InChI is InChI=1S/C22H30N4O/c1-4-25(5-2)19-10-11-20(17(3)15-19)24-22(27)18-9-12-21(23-16-18)26-13-7-6-8-14-26/h9-12,15-16H,4-8,13-14H2,1-3H3,(H,24,27). The Balaban J connectivity index is 1.68. The van der Waals surface area contributed by atoms with Gasteiger partial charge in [-0.2, -0.15) is 0 Å². The molecule has 0 radical (unpaired) electrons. The van der Waals surface area contributed by atoms with Gasteiger partial charge in [-0.15, -0.1) is 0 Å². The molecule has 1 aliphatic heterocycles. The smallest absolute Gasteiger partial charge is 0.257 e. The van der Waals surface area contributed by atoms with Gasteiger partial charge in [0.05, 0.1) is 5.56 Å². The molecule has 1 saturated heterocycles. The molecule has 5 heteroatoms. The van der Waals surface area contributed by atoms with Gasteiger partial charge in [-0.3, -0.25) is 4.79 Å². The molecule has 0 spiro atoms. The van der Waals surface area contributed by atoms with Crippen LogP contribution in [0.4, 0.5) is 17.2 Å². The second-order valence-electron chi connectivity index (χ2n) is 7.08. The van der Waals surface area contributed by atoms with E-state index in [1.165, 1.54) is 24.9 Å². The Kier molecular flexibility index (Phi) is 6.32. The van der Waals surface area contributed by atoms with Crippen LogP contribution in [0.15, 0.2) is 36.5 Å². The third kappa shape index (κ3) is 4.59. The highest BCUT2D eigenvalue weighted by Gasteiger charge is 2.14. The van der Waals surface area contributed by atoms with E-state index in [1.54, 1.807) is 6.20 Å². The molecule has 27 heavy (non-hydrogen) atoms. The third-order valence-electron chi connectivity index (χ3n) is 5.28. The molecule has 5 nitrogen and oxygen atoms in total. The zero-order valence-corrected chi connectivity index (χ0v) is 16.7. The van der Waals surface area contributed by atoms with Crippen LogP contribution in [-0.4, -0.2) is 37.1 Å². The number of carbonyl (C=O) groups is 1. The van der Waals surface area contributed by atoms with Gasteiger partial charge in [0.25, 0.3) is 5.91 Å². The van der Waals surface area contributed by atoms with E-state index in [4.69, 9.17) is 0 Å². The molecular formula is C22H30N4O. The zero-order chi connectivity index (χ0) is 19.2. The van der Waals surface area contributed by atoms with Crippen molar-refractivity contribution in [3.63, 3.8) is 0 Å². The summed E-state index contributed by atoms with van der Waals surface area (Å²) in [5.41, 5.74) is 3.67. The minimum Gasteiger partial charge on any atom is -0.372 e. The SMILES string of the molecule is CCN(CC)c1ccc(NC(=O)c2ccc(N3CCCCC3)nc2)c(C)c1. The van der Waals surface area contributed by atoms with E-state index in [2.05, 4.69) is 46.1 Å². The van der Waals surface area contributed by atoms with Crippen molar-refractivity contribution in [2.45, 2.75) is 40.0 Å². The highest BCUT2D eigenvalue weighted by atomic mass is 16.1. The molecule has 0 saturated carbocycles. The average Bonchev–Trinajstić information content (AvgIpc) is 2.71. The van der Waals surface area contributed by atoms with Gasteiger partial charge in [-0.05, 0) is 75.9 Å². The molecule has 1 aliphatic rings. The maximum Gasteiger partial charge on any atom is 0.257 e. The van der Waals surface area contributed by atoms with E-state index < -0.39 is 0 Å². The van der Waals surface area contributed by atoms with E-state index >= 15 is 0 Å². The summed E-state index contributed by atoms with van der Waals surface area (Å²) < 4.78 is 0. The summed E-state index contributed by atoms with van der Waals surface area (Å²) in [6, 6.07) is 9.99. The summed E-state index contributed by atoms with van der Waals surface area (Å²) >= 11 is 0. The van der Waals surface area contributed by atoms with Crippen molar-refractivity contribution >= 4 is 23.1 Å². The molecule has 1 amide bonds. The number of amides is 1. The zero-order valence-electron chi connectivity index (χ0n) is 16.7. The van der Waals surface area contributed by atoms with E-state index in [1.807, 2.05) is 25.1 Å². The van der Waals surface area contributed by atoms with Crippen molar-refractivity contribution in [1.29, 1.82) is 0 Å². The van der Waals surface area contributed by atoms with Crippen LogP contribution in [0.1, 0.15) is 49.0 Å². The lowest BCUT2D eigenvalue weighted by Gasteiger charge is -2.27. The quantitative estimate of drug-likeness (QED) is 0.819. The van der Waals surface area contributed by atoms with Crippen LogP contribution < -0.4 is 15.1 Å². The van der Waals surface area contributed by atoms with E-state index in [0.29, 0.717) is 5.56 Å². The minimum absolute atomic E-state index is 0.119. The highest BCUT2D eigenvalue weighted by molar-refractivity contribution is 6.04. The number of nitrogens with zero attached hydrogens (tertiary/aromatic N) is 3. The Bertz CT molecular complexity index is 762. The van der Waals surface area contributed by atoms with Crippen LogP contribution in [0.2, 0.25) is 0 Å².